The fourth-order valence-electron chi connectivity index (χ4n) is 1.64. The van der Waals surface area contributed by atoms with Gasteiger partial charge in [0.1, 0.15) is 5.76 Å². The lowest BCUT2D eigenvalue weighted by atomic mass is 10.1. The lowest BCUT2D eigenvalue weighted by Gasteiger charge is -2.10. The van der Waals surface area contributed by atoms with Gasteiger partial charge in [0.15, 0.2) is 11.5 Å². The first-order chi connectivity index (χ1) is 9.65. The number of hydrogen-bond acceptors (Lipinski definition) is 5. The summed E-state index contributed by atoms with van der Waals surface area (Å²) in [5.41, 5.74) is 0.275. The Hall–Kier alpha value is -2.76. The number of aliphatic imine (C=N–C) groups is 1. The summed E-state index contributed by atoms with van der Waals surface area (Å²) in [6.07, 6.45) is 2.95. The van der Waals surface area contributed by atoms with Crippen molar-refractivity contribution < 1.29 is 23.8 Å². The first-order valence-corrected chi connectivity index (χ1v) is 5.72. The van der Waals surface area contributed by atoms with Gasteiger partial charge in [0.2, 0.25) is 0 Å². The zero-order chi connectivity index (χ0) is 14.5. The molecule has 1 aromatic carbocycles. The normalized spacial score (nSPS) is 10.7. The highest BCUT2D eigenvalue weighted by Crippen LogP contribution is 2.34. The number of carboxylic acids is 1. The molecule has 0 aliphatic carbocycles. The summed E-state index contributed by atoms with van der Waals surface area (Å²) >= 11 is 0. The van der Waals surface area contributed by atoms with E-state index in [4.69, 9.17) is 13.9 Å². The highest BCUT2D eigenvalue weighted by Gasteiger charge is 2.15. The third kappa shape index (κ3) is 2.80. The van der Waals surface area contributed by atoms with Gasteiger partial charge >= 0.3 is 5.97 Å². The highest BCUT2D eigenvalue weighted by atomic mass is 16.5. The molecule has 1 heterocycles. The topological polar surface area (TPSA) is 81.3 Å². The van der Waals surface area contributed by atoms with Crippen LogP contribution in [0.1, 0.15) is 16.1 Å². The molecule has 0 radical (unpaired) electrons. The molecule has 1 aromatic heterocycles. The smallest absolute Gasteiger partial charge is 0.338 e. The average Bonchev–Trinajstić information content (AvgIpc) is 2.97. The van der Waals surface area contributed by atoms with Gasteiger partial charge in [-0.15, -0.1) is 0 Å². The second-order valence-electron chi connectivity index (χ2n) is 3.80. The van der Waals surface area contributed by atoms with Crippen LogP contribution in [-0.2, 0) is 0 Å². The number of nitrogens with zero attached hydrogens (tertiary/aromatic N) is 1. The zero-order valence-electron chi connectivity index (χ0n) is 11.0. The molecule has 6 heteroatoms. The van der Waals surface area contributed by atoms with Gasteiger partial charge in [-0.1, -0.05) is 0 Å². The molecule has 0 atom stereocenters. The Kier molecular flexibility index (Phi) is 4.05. The van der Waals surface area contributed by atoms with Gasteiger partial charge in [0.25, 0.3) is 0 Å². The number of furan rings is 1. The molecule has 0 saturated heterocycles. The van der Waals surface area contributed by atoms with Crippen LogP contribution in [0.5, 0.6) is 11.5 Å². The second kappa shape index (κ2) is 5.92. The molecule has 0 bridgehead atoms. The van der Waals surface area contributed by atoms with Crippen LogP contribution in [0.15, 0.2) is 39.9 Å². The SMILES string of the molecule is COc1cc(N=Cc2ccco2)c(C(=O)O)cc1OC. The van der Waals surface area contributed by atoms with E-state index in [0.29, 0.717) is 17.3 Å². The van der Waals surface area contributed by atoms with Crippen LogP contribution in [0.4, 0.5) is 5.69 Å². The second-order valence-corrected chi connectivity index (χ2v) is 3.80. The molecule has 0 amide bonds. The van der Waals surface area contributed by atoms with Gasteiger partial charge in [0.05, 0.1) is 37.9 Å². The Bertz CT molecular complexity index is 631. The average molecular weight is 275 g/mol. The predicted octanol–water partition coefficient (Wildman–Crippen LogP) is 2.75. The number of hydrogen-bond donors (Lipinski definition) is 1. The highest BCUT2D eigenvalue weighted by molar-refractivity contribution is 5.96. The van der Waals surface area contributed by atoms with E-state index in [2.05, 4.69) is 4.99 Å². The summed E-state index contributed by atoms with van der Waals surface area (Å²) < 4.78 is 15.3. The van der Waals surface area contributed by atoms with E-state index in [0.717, 1.165) is 0 Å². The van der Waals surface area contributed by atoms with E-state index in [9.17, 15) is 9.90 Å². The Balaban J connectivity index is 2.47. The summed E-state index contributed by atoms with van der Waals surface area (Å²) in [5, 5.41) is 9.21. The predicted molar refractivity (Wildman–Crippen MR) is 72.5 cm³/mol. The van der Waals surface area contributed by atoms with E-state index in [1.165, 1.54) is 38.8 Å². The van der Waals surface area contributed by atoms with E-state index in [1.807, 2.05) is 0 Å². The van der Waals surface area contributed by atoms with Crippen LogP contribution >= 0.6 is 0 Å². The fourth-order valence-corrected chi connectivity index (χ4v) is 1.64. The molecule has 0 fully saturated rings. The Morgan fingerprint density at radius 3 is 2.55 bits per heavy atom. The van der Waals surface area contributed by atoms with Crippen molar-refractivity contribution in [2.75, 3.05) is 14.2 Å². The minimum Gasteiger partial charge on any atom is -0.493 e. The van der Waals surface area contributed by atoms with Gasteiger partial charge in [-0.2, -0.15) is 0 Å². The summed E-state index contributed by atoms with van der Waals surface area (Å²) in [4.78, 5) is 15.4. The molecule has 0 aliphatic heterocycles. The first kappa shape index (κ1) is 13.7. The van der Waals surface area contributed by atoms with Crippen molar-refractivity contribution in [3.63, 3.8) is 0 Å². The van der Waals surface area contributed by atoms with Gasteiger partial charge in [-0.05, 0) is 12.1 Å². The van der Waals surface area contributed by atoms with Crippen molar-refractivity contribution in [2.24, 2.45) is 4.99 Å². The molecule has 0 unspecified atom stereocenters. The molecule has 2 rings (SSSR count). The number of benzene rings is 1. The molecular formula is C14H13NO5. The minimum absolute atomic E-state index is 0.0189. The number of rotatable bonds is 5. The van der Waals surface area contributed by atoms with Crippen LogP contribution in [-0.4, -0.2) is 31.5 Å². The van der Waals surface area contributed by atoms with E-state index in [-0.39, 0.29) is 11.3 Å². The van der Waals surface area contributed by atoms with Crippen LogP contribution in [0, 0.1) is 0 Å². The van der Waals surface area contributed by atoms with Crippen molar-refractivity contribution in [2.45, 2.75) is 0 Å². The molecule has 1 N–H and O–H groups in total. The molecule has 0 saturated carbocycles. The Labute approximate surface area is 115 Å². The number of aromatic carboxylic acids is 1. The summed E-state index contributed by atoms with van der Waals surface area (Å²) in [6.45, 7) is 0. The van der Waals surface area contributed by atoms with Crippen LogP contribution in [0.25, 0.3) is 0 Å². The number of carboxylic acid groups (broad SMARTS) is 1. The third-order valence-electron chi connectivity index (χ3n) is 2.61. The Morgan fingerprint density at radius 2 is 2.00 bits per heavy atom. The number of ether oxygens (including phenoxy) is 2. The molecule has 0 spiro atoms. The van der Waals surface area contributed by atoms with Crippen molar-refractivity contribution in [3.05, 3.63) is 41.9 Å². The van der Waals surface area contributed by atoms with E-state index in [1.54, 1.807) is 12.1 Å². The van der Waals surface area contributed by atoms with Crippen LogP contribution < -0.4 is 9.47 Å². The number of carbonyl (C=O) groups is 1. The maximum atomic E-state index is 11.3. The maximum Gasteiger partial charge on any atom is 0.338 e. The lowest BCUT2D eigenvalue weighted by molar-refractivity contribution is 0.0697. The summed E-state index contributed by atoms with van der Waals surface area (Å²) in [5.74, 6) is 0.166. The minimum atomic E-state index is -1.10. The molecular weight excluding hydrogens is 262 g/mol. The van der Waals surface area contributed by atoms with E-state index >= 15 is 0 Å². The number of methoxy groups -OCH3 is 2. The molecule has 20 heavy (non-hydrogen) atoms. The third-order valence-corrected chi connectivity index (χ3v) is 2.61. The van der Waals surface area contributed by atoms with Gasteiger partial charge in [0, 0.05) is 12.1 Å². The van der Waals surface area contributed by atoms with Crippen molar-refractivity contribution in [1.29, 1.82) is 0 Å². The molecule has 2 aromatic rings. The van der Waals surface area contributed by atoms with Crippen molar-refractivity contribution in [3.8, 4) is 11.5 Å². The fraction of sp³-hybridized carbons (Fsp3) is 0.143. The zero-order valence-corrected chi connectivity index (χ0v) is 11.0. The largest absolute Gasteiger partial charge is 0.493 e. The molecule has 6 nitrogen and oxygen atoms in total. The van der Waals surface area contributed by atoms with Gasteiger partial charge in [-0.3, -0.25) is 4.99 Å². The van der Waals surface area contributed by atoms with Crippen LogP contribution in [0.3, 0.4) is 0 Å². The lowest BCUT2D eigenvalue weighted by Crippen LogP contribution is -2.00. The Morgan fingerprint density at radius 1 is 1.30 bits per heavy atom. The van der Waals surface area contributed by atoms with Crippen LogP contribution in [0.2, 0.25) is 0 Å². The van der Waals surface area contributed by atoms with Crippen molar-refractivity contribution >= 4 is 17.9 Å². The monoisotopic (exact) mass is 275 g/mol. The standard InChI is InChI=1S/C14H13NO5/c1-18-12-6-10(14(16)17)11(7-13(12)19-2)15-8-9-4-3-5-20-9/h3-8H,1-2H3,(H,16,17). The first-order valence-electron chi connectivity index (χ1n) is 5.72. The van der Waals surface area contributed by atoms with Crippen molar-refractivity contribution in [1.82, 2.24) is 0 Å². The molecule has 0 aliphatic rings. The van der Waals surface area contributed by atoms with Gasteiger partial charge in [-0.25, -0.2) is 4.79 Å². The van der Waals surface area contributed by atoms with E-state index < -0.39 is 5.97 Å². The summed E-state index contributed by atoms with van der Waals surface area (Å²) in [7, 11) is 2.91. The summed E-state index contributed by atoms with van der Waals surface area (Å²) in [6, 6.07) is 6.30. The van der Waals surface area contributed by atoms with Gasteiger partial charge < -0.3 is 19.0 Å². The quantitative estimate of drug-likeness (QED) is 0.848. The maximum absolute atomic E-state index is 11.3. The molecule has 104 valence electrons.